The van der Waals surface area contributed by atoms with Crippen LogP contribution in [0.5, 0.6) is 0 Å². The highest BCUT2D eigenvalue weighted by Crippen LogP contribution is 2.49. The van der Waals surface area contributed by atoms with E-state index in [2.05, 4.69) is 13.2 Å². The van der Waals surface area contributed by atoms with Crippen LogP contribution in [0.2, 0.25) is 0 Å². The molecule has 2 aliphatic carbocycles. The fourth-order valence-electron chi connectivity index (χ4n) is 3.54. The quantitative estimate of drug-likeness (QED) is 0.656. The molecule has 0 unspecified atom stereocenters. The van der Waals surface area contributed by atoms with Crippen LogP contribution >= 0.6 is 0 Å². The van der Waals surface area contributed by atoms with Crippen LogP contribution in [0, 0.1) is 5.41 Å². The molecule has 0 radical (unpaired) electrons. The van der Waals surface area contributed by atoms with Crippen LogP contribution in [0.25, 0.3) is 0 Å². The predicted molar refractivity (Wildman–Crippen MR) is 71.8 cm³/mol. The number of Topliss-reactive ketones (excluding diaryl/α,β-unsaturated/α-hetero) is 1. The number of ketones is 1. The van der Waals surface area contributed by atoms with Crippen molar-refractivity contribution in [3.05, 3.63) is 36.5 Å². The number of hydrogen-bond donors (Lipinski definition) is 0. The maximum atomic E-state index is 12.4. The van der Waals surface area contributed by atoms with E-state index in [1.54, 1.807) is 5.57 Å². The van der Waals surface area contributed by atoms with Crippen LogP contribution in [-0.2, 0) is 4.79 Å². The Bertz CT molecular complexity index is 363. The van der Waals surface area contributed by atoms with Gasteiger partial charge < -0.3 is 0 Å². The van der Waals surface area contributed by atoms with Gasteiger partial charge >= 0.3 is 0 Å². The first-order chi connectivity index (χ1) is 8.24. The van der Waals surface area contributed by atoms with Crippen molar-refractivity contribution in [3.63, 3.8) is 0 Å². The van der Waals surface area contributed by atoms with Gasteiger partial charge in [-0.25, -0.2) is 0 Å². The van der Waals surface area contributed by atoms with Crippen molar-refractivity contribution in [2.45, 2.75) is 51.4 Å². The molecule has 0 amide bonds. The summed E-state index contributed by atoms with van der Waals surface area (Å²) in [6.45, 7) is 7.69. The molecule has 0 aromatic carbocycles. The molecule has 0 aromatic heterocycles. The summed E-state index contributed by atoms with van der Waals surface area (Å²) in [7, 11) is 0. The average molecular weight is 230 g/mol. The molecular formula is C16H22O. The molecule has 0 aromatic rings. The molecule has 1 heteroatoms. The van der Waals surface area contributed by atoms with Crippen molar-refractivity contribution in [3.8, 4) is 0 Å². The summed E-state index contributed by atoms with van der Waals surface area (Å²) >= 11 is 0. The van der Waals surface area contributed by atoms with Gasteiger partial charge in [-0.3, -0.25) is 4.79 Å². The van der Waals surface area contributed by atoms with Crippen molar-refractivity contribution in [2.24, 2.45) is 5.41 Å². The zero-order chi connectivity index (χ0) is 12.3. The summed E-state index contributed by atoms with van der Waals surface area (Å²) in [5.74, 6) is 0.415. The minimum Gasteiger partial charge on any atom is -0.299 e. The topological polar surface area (TPSA) is 17.1 Å². The van der Waals surface area contributed by atoms with Crippen molar-refractivity contribution in [1.82, 2.24) is 0 Å². The Morgan fingerprint density at radius 1 is 1.00 bits per heavy atom. The van der Waals surface area contributed by atoms with Gasteiger partial charge in [0.25, 0.3) is 0 Å². The highest BCUT2D eigenvalue weighted by Gasteiger charge is 2.43. The standard InChI is InChI=1S/C16H22O/c1-3-11-16(12-4-2)14-8-6-5-7-13(14)9-10-15(16)17/h3-4H,1-2,5-12H2. The first kappa shape index (κ1) is 12.3. The summed E-state index contributed by atoms with van der Waals surface area (Å²) in [4.78, 5) is 12.4. The molecule has 2 rings (SSSR count). The highest BCUT2D eigenvalue weighted by atomic mass is 16.1. The number of allylic oxidation sites excluding steroid dienone is 4. The van der Waals surface area contributed by atoms with Crippen LogP contribution < -0.4 is 0 Å². The second-order valence-electron chi connectivity index (χ2n) is 5.28. The van der Waals surface area contributed by atoms with Crippen molar-refractivity contribution in [1.29, 1.82) is 0 Å². The van der Waals surface area contributed by atoms with E-state index in [9.17, 15) is 4.79 Å². The monoisotopic (exact) mass is 230 g/mol. The van der Waals surface area contributed by atoms with Crippen LogP contribution in [0.3, 0.4) is 0 Å². The van der Waals surface area contributed by atoms with Crippen LogP contribution in [-0.4, -0.2) is 5.78 Å². The molecule has 0 aliphatic heterocycles. The Balaban J connectivity index is 2.46. The normalized spacial score (nSPS) is 23.2. The van der Waals surface area contributed by atoms with Gasteiger partial charge in [0.15, 0.2) is 0 Å². The largest absolute Gasteiger partial charge is 0.299 e. The van der Waals surface area contributed by atoms with Gasteiger partial charge in [-0.05, 0) is 44.9 Å². The molecule has 1 nitrogen and oxygen atoms in total. The lowest BCUT2D eigenvalue weighted by Crippen LogP contribution is -2.37. The van der Waals surface area contributed by atoms with Crippen LogP contribution in [0.1, 0.15) is 51.4 Å². The molecule has 0 atom stereocenters. The molecule has 0 saturated heterocycles. The third-order valence-corrected chi connectivity index (χ3v) is 4.33. The van der Waals surface area contributed by atoms with Crippen LogP contribution in [0.4, 0.5) is 0 Å². The second-order valence-corrected chi connectivity index (χ2v) is 5.28. The minimum absolute atomic E-state index is 0.266. The van der Waals surface area contributed by atoms with Gasteiger partial charge in [0.05, 0.1) is 5.41 Å². The fraction of sp³-hybridized carbons (Fsp3) is 0.562. The minimum atomic E-state index is -0.266. The van der Waals surface area contributed by atoms with E-state index < -0.39 is 0 Å². The smallest absolute Gasteiger partial charge is 0.144 e. The molecule has 2 aliphatic rings. The number of hydrogen-bond acceptors (Lipinski definition) is 1. The van der Waals surface area contributed by atoms with Crippen LogP contribution in [0.15, 0.2) is 36.5 Å². The second kappa shape index (κ2) is 5.03. The third kappa shape index (κ3) is 2.03. The maximum absolute atomic E-state index is 12.4. The lowest BCUT2D eigenvalue weighted by Gasteiger charge is -2.41. The summed E-state index contributed by atoms with van der Waals surface area (Å²) in [6, 6.07) is 0. The van der Waals surface area contributed by atoms with Crippen molar-refractivity contribution >= 4 is 5.78 Å². The van der Waals surface area contributed by atoms with E-state index in [4.69, 9.17) is 0 Å². The van der Waals surface area contributed by atoms with Crippen molar-refractivity contribution < 1.29 is 4.79 Å². The highest BCUT2D eigenvalue weighted by molar-refractivity contribution is 5.90. The number of carbonyl (C=O) groups is 1. The SMILES string of the molecule is C=CCC1(CC=C)C(=O)CCC2=C1CCCC2. The van der Waals surface area contributed by atoms with Gasteiger partial charge in [0.1, 0.15) is 5.78 Å². The molecule has 0 spiro atoms. The van der Waals surface area contributed by atoms with E-state index in [-0.39, 0.29) is 5.41 Å². The van der Waals surface area contributed by atoms with Gasteiger partial charge in [-0.15, -0.1) is 13.2 Å². The maximum Gasteiger partial charge on any atom is 0.144 e. The number of carbonyl (C=O) groups excluding carboxylic acids is 1. The van der Waals surface area contributed by atoms with E-state index in [0.29, 0.717) is 5.78 Å². The van der Waals surface area contributed by atoms with E-state index in [1.165, 1.54) is 24.8 Å². The summed E-state index contributed by atoms with van der Waals surface area (Å²) in [5, 5.41) is 0. The Morgan fingerprint density at radius 3 is 2.29 bits per heavy atom. The zero-order valence-electron chi connectivity index (χ0n) is 10.6. The lowest BCUT2D eigenvalue weighted by molar-refractivity contribution is -0.127. The molecule has 0 saturated carbocycles. The Labute approximate surface area is 104 Å². The van der Waals surface area contributed by atoms with Gasteiger partial charge in [-0.2, -0.15) is 0 Å². The van der Waals surface area contributed by atoms with Gasteiger partial charge in [0, 0.05) is 6.42 Å². The third-order valence-electron chi connectivity index (χ3n) is 4.33. The first-order valence-corrected chi connectivity index (χ1v) is 6.71. The molecule has 17 heavy (non-hydrogen) atoms. The van der Waals surface area contributed by atoms with E-state index in [0.717, 1.165) is 32.1 Å². The summed E-state index contributed by atoms with van der Waals surface area (Å²) in [5.41, 5.74) is 2.75. The molecule has 0 N–H and O–H groups in total. The lowest BCUT2D eigenvalue weighted by atomic mass is 9.62. The van der Waals surface area contributed by atoms with E-state index >= 15 is 0 Å². The molecule has 0 fully saturated rings. The average Bonchev–Trinajstić information content (AvgIpc) is 2.35. The Kier molecular flexibility index (Phi) is 3.66. The predicted octanol–water partition coefficient (Wildman–Crippen LogP) is 4.36. The Hall–Kier alpha value is -1.11. The summed E-state index contributed by atoms with van der Waals surface area (Å²) in [6.07, 6.45) is 12.0. The molecule has 0 bridgehead atoms. The molecule has 92 valence electrons. The van der Waals surface area contributed by atoms with Gasteiger partial charge in [-0.1, -0.05) is 23.3 Å². The van der Waals surface area contributed by atoms with Crippen molar-refractivity contribution in [2.75, 3.05) is 0 Å². The Morgan fingerprint density at radius 2 is 1.65 bits per heavy atom. The van der Waals surface area contributed by atoms with Gasteiger partial charge in [0.2, 0.25) is 0 Å². The molecule has 0 heterocycles. The summed E-state index contributed by atoms with van der Waals surface area (Å²) < 4.78 is 0. The fourth-order valence-corrected chi connectivity index (χ4v) is 3.54. The first-order valence-electron chi connectivity index (χ1n) is 6.71. The van der Waals surface area contributed by atoms with E-state index in [1.807, 2.05) is 12.2 Å². The zero-order valence-corrected chi connectivity index (χ0v) is 10.6. The number of rotatable bonds is 4. The molecular weight excluding hydrogens is 208 g/mol.